The molecule has 0 saturated carbocycles. The summed E-state index contributed by atoms with van der Waals surface area (Å²) >= 11 is 4.74. The van der Waals surface area contributed by atoms with E-state index in [1.807, 2.05) is 25.3 Å². The summed E-state index contributed by atoms with van der Waals surface area (Å²) < 4.78 is 10.8. The SMILES string of the molecule is CCOCCOc1ccc(C(=O)CBr)cc1SC. The molecule has 0 spiro atoms. The molecule has 100 valence electrons. The van der Waals surface area contributed by atoms with E-state index < -0.39 is 0 Å². The molecular weight excluding hydrogens is 316 g/mol. The van der Waals surface area contributed by atoms with Crippen molar-refractivity contribution in [2.24, 2.45) is 0 Å². The Morgan fingerprint density at radius 1 is 1.39 bits per heavy atom. The van der Waals surface area contributed by atoms with Crippen molar-refractivity contribution >= 4 is 33.5 Å². The van der Waals surface area contributed by atoms with Gasteiger partial charge in [0.25, 0.3) is 0 Å². The average molecular weight is 333 g/mol. The molecule has 0 atom stereocenters. The summed E-state index contributed by atoms with van der Waals surface area (Å²) in [4.78, 5) is 12.5. The van der Waals surface area contributed by atoms with Crippen LogP contribution in [0.4, 0.5) is 0 Å². The highest BCUT2D eigenvalue weighted by atomic mass is 79.9. The van der Waals surface area contributed by atoms with E-state index in [1.165, 1.54) is 0 Å². The number of benzene rings is 1. The first-order chi connectivity index (χ1) is 8.72. The van der Waals surface area contributed by atoms with E-state index in [2.05, 4.69) is 15.9 Å². The van der Waals surface area contributed by atoms with Crippen LogP contribution < -0.4 is 4.74 Å². The molecule has 0 aromatic heterocycles. The van der Waals surface area contributed by atoms with E-state index in [0.717, 1.165) is 10.6 Å². The van der Waals surface area contributed by atoms with Crippen molar-refractivity contribution < 1.29 is 14.3 Å². The minimum absolute atomic E-state index is 0.0752. The molecule has 0 saturated heterocycles. The van der Waals surface area contributed by atoms with Gasteiger partial charge < -0.3 is 9.47 Å². The van der Waals surface area contributed by atoms with E-state index in [-0.39, 0.29) is 5.78 Å². The Morgan fingerprint density at radius 3 is 2.78 bits per heavy atom. The number of hydrogen-bond acceptors (Lipinski definition) is 4. The van der Waals surface area contributed by atoms with E-state index in [1.54, 1.807) is 17.8 Å². The number of alkyl halides is 1. The van der Waals surface area contributed by atoms with Crippen molar-refractivity contribution in [3.05, 3.63) is 23.8 Å². The summed E-state index contributed by atoms with van der Waals surface area (Å²) in [5, 5.41) is 0.339. The van der Waals surface area contributed by atoms with Crippen LogP contribution in [0.1, 0.15) is 17.3 Å². The zero-order chi connectivity index (χ0) is 13.4. The summed E-state index contributed by atoms with van der Waals surface area (Å²) in [5.74, 6) is 0.875. The van der Waals surface area contributed by atoms with E-state index >= 15 is 0 Å². The first-order valence-corrected chi connectivity index (χ1v) is 8.05. The van der Waals surface area contributed by atoms with Crippen LogP contribution >= 0.6 is 27.7 Å². The van der Waals surface area contributed by atoms with Gasteiger partial charge in [0.1, 0.15) is 12.4 Å². The Balaban J connectivity index is 2.71. The molecule has 3 nitrogen and oxygen atoms in total. The van der Waals surface area contributed by atoms with Crippen molar-refractivity contribution in [2.75, 3.05) is 31.4 Å². The van der Waals surface area contributed by atoms with Gasteiger partial charge in [-0.15, -0.1) is 11.8 Å². The second-order valence-corrected chi connectivity index (χ2v) is 4.88. The summed E-state index contributed by atoms with van der Waals surface area (Å²) in [5.41, 5.74) is 0.702. The maximum absolute atomic E-state index is 11.6. The predicted octanol–water partition coefficient (Wildman–Crippen LogP) is 3.40. The smallest absolute Gasteiger partial charge is 0.173 e. The first kappa shape index (κ1) is 15.5. The lowest BCUT2D eigenvalue weighted by Gasteiger charge is -2.11. The average Bonchev–Trinajstić information content (AvgIpc) is 2.42. The van der Waals surface area contributed by atoms with Gasteiger partial charge in [-0.1, -0.05) is 15.9 Å². The molecule has 0 radical (unpaired) electrons. The third kappa shape index (κ3) is 4.63. The maximum atomic E-state index is 11.6. The van der Waals surface area contributed by atoms with E-state index in [0.29, 0.717) is 30.7 Å². The van der Waals surface area contributed by atoms with Crippen LogP contribution in [0.5, 0.6) is 5.75 Å². The van der Waals surface area contributed by atoms with Crippen LogP contribution in [0.25, 0.3) is 0 Å². The van der Waals surface area contributed by atoms with Crippen molar-refractivity contribution in [3.63, 3.8) is 0 Å². The zero-order valence-electron chi connectivity index (χ0n) is 10.6. The molecule has 0 heterocycles. The van der Waals surface area contributed by atoms with Crippen LogP contribution in [0.3, 0.4) is 0 Å². The molecule has 1 rings (SSSR count). The third-order valence-corrected chi connectivity index (χ3v) is 3.56. The number of thioether (sulfide) groups is 1. The largest absolute Gasteiger partial charge is 0.490 e. The number of ketones is 1. The molecule has 1 aromatic rings. The van der Waals surface area contributed by atoms with E-state index in [9.17, 15) is 4.79 Å². The minimum Gasteiger partial charge on any atom is -0.490 e. The van der Waals surface area contributed by atoms with Crippen LogP contribution in [0, 0.1) is 0 Å². The quantitative estimate of drug-likeness (QED) is 0.316. The Hall–Kier alpha value is -0.520. The Labute approximate surface area is 120 Å². The molecule has 0 amide bonds. The molecule has 0 N–H and O–H groups in total. The fourth-order valence-corrected chi connectivity index (χ4v) is 2.29. The van der Waals surface area contributed by atoms with Gasteiger partial charge in [-0.05, 0) is 31.4 Å². The fraction of sp³-hybridized carbons (Fsp3) is 0.462. The maximum Gasteiger partial charge on any atom is 0.173 e. The number of rotatable bonds is 8. The molecule has 0 aliphatic heterocycles. The Morgan fingerprint density at radius 2 is 2.17 bits per heavy atom. The summed E-state index contributed by atoms with van der Waals surface area (Å²) in [6, 6.07) is 5.50. The lowest BCUT2D eigenvalue weighted by molar-refractivity contribution is 0.102. The molecule has 0 aliphatic rings. The van der Waals surface area contributed by atoms with E-state index in [4.69, 9.17) is 9.47 Å². The molecule has 0 unspecified atom stereocenters. The molecule has 0 fully saturated rings. The van der Waals surface area contributed by atoms with Crippen molar-refractivity contribution in [3.8, 4) is 5.75 Å². The van der Waals surface area contributed by atoms with Crippen LogP contribution in [0.2, 0.25) is 0 Å². The van der Waals surface area contributed by atoms with Gasteiger partial charge >= 0.3 is 0 Å². The second-order valence-electron chi connectivity index (χ2n) is 3.47. The van der Waals surface area contributed by atoms with Gasteiger partial charge in [-0.3, -0.25) is 4.79 Å². The molecule has 18 heavy (non-hydrogen) atoms. The van der Waals surface area contributed by atoms with Crippen LogP contribution in [0.15, 0.2) is 23.1 Å². The highest BCUT2D eigenvalue weighted by Crippen LogP contribution is 2.29. The van der Waals surface area contributed by atoms with Gasteiger partial charge in [0.05, 0.1) is 11.9 Å². The van der Waals surface area contributed by atoms with Crippen molar-refractivity contribution in [1.82, 2.24) is 0 Å². The highest BCUT2D eigenvalue weighted by molar-refractivity contribution is 9.09. The Bertz CT molecular complexity index is 396. The number of hydrogen-bond donors (Lipinski definition) is 0. The summed E-state index contributed by atoms with van der Waals surface area (Å²) in [6.07, 6.45) is 1.97. The van der Waals surface area contributed by atoms with Crippen LogP contribution in [-0.2, 0) is 4.74 Å². The number of ether oxygens (including phenoxy) is 2. The van der Waals surface area contributed by atoms with Crippen molar-refractivity contribution in [2.45, 2.75) is 11.8 Å². The summed E-state index contributed by atoms with van der Waals surface area (Å²) in [7, 11) is 0. The number of carbonyl (C=O) groups is 1. The molecule has 0 bridgehead atoms. The van der Waals surface area contributed by atoms with Gasteiger partial charge in [-0.25, -0.2) is 0 Å². The lowest BCUT2D eigenvalue weighted by atomic mass is 10.1. The second kappa shape index (κ2) is 8.56. The Kier molecular flexibility index (Phi) is 7.39. The first-order valence-electron chi connectivity index (χ1n) is 5.70. The number of Topliss-reactive ketones (excluding diaryl/α,β-unsaturated/α-hetero) is 1. The number of carbonyl (C=O) groups excluding carboxylic acids is 1. The summed E-state index contributed by atoms with van der Waals surface area (Å²) in [6.45, 7) is 3.74. The molecule has 0 aliphatic carbocycles. The number of halogens is 1. The molecule has 1 aromatic carbocycles. The van der Waals surface area contributed by atoms with Gasteiger partial charge in [-0.2, -0.15) is 0 Å². The fourth-order valence-electron chi connectivity index (χ4n) is 1.39. The van der Waals surface area contributed by atoms with Gasteiger partial charge in [0, 0.05) is 17.1 Å². The molecule has 5 heteroatoms. The normalized spacial score (nSPS) is 10.4. The van der Waals surface area contributed by atoms with Crippen LogP contribution in [-0.4, -0.2) is 37.2 Å². The monoisotopic (exact) mass is 332 g/mol. The minimum atomic E-state index is 0.0752. The third-order valence-electron chi connectivity index (χ3n) is 2.30. The highest BCUT2D eigenvalue weighted by Gasteiger charge is 2.09. The predicted molar refractivity (Wildman–Crippen MR) is 78.3 cm³/mol. The topological polar surface area (TPSA) is 35.5 Å². The lowest BCUT2D eigenvalue weighted by Crippen LogP contribution is -2.07. The van der Waals surface area contributed by atoms with Gasteiger partial charge in [0.15, 0.2) is 5.78 Å². The molecular formula is C13H17BrO3S. The zero-order valence-corrected chi connectivity index (χ0v) is 13.0. The van der Waals surface area contributed by atoms with Crippen molar-refractivity contribution in [1.29, 1.82) is 0 Å². The van der Waals surface area contributed by atoms with Gasteiger partial charge in [0.2, 0.25) is 0 Å². The standard InChI is InChI=1S/C13H17BrO3S/c1-3-16-6-7-17-12-5-4-10(11(15)9-14)8-13(12)18-2/h4-5,8H,3,6-7,9H2,1-2H3.